The molecule has 0 radical (unpaired) electrons. The summed E-state index contributed by atoms with van der Waals surface area (Å²) >= 11 is 0. The average Bonchev–Trinajstić information content (AvgIpc) is 2.93. The molecule has 26 heavy (non-hydrogen) atoms. The maximum absolute atomic E-state index is 12.2. The number of carboxylic acids is 1. The van der Waals surface area contributed by atoms with Gasteiger partial charge in [0.1, 0.15) is 5.78 Å². The zero-order valence-electron chi connectivity index (χ0n) is 16.9. The highest BCUT2D eigenvalue weighted by Crippen LogP contribution is 2.35. The standard InChI is InChI=1S/C22H38O4/c1-4-5-16-22(2,3)20(24)15-13-17-12-14-19(23)18(17)10-8-6-7-9-11-21(25)26/h13,15,17-18,20,24H,4-12,14,16H2,1-3H3,(H,25,26)/t17-,18-,20?/m1/s1. The van der Waals surface area contributed by atoms with Crippen molar-refractivity contribution >= 4 is 11.8 Å². The molecule has 150 valence electrons. The summed E-state index contributed by atoms with van der Waals surface area (Å²) in [5.74, 6) is -0.0543. The van der Waals surface area contributed by atoms with Crippen molar-refractivity contribution in [3.63, 3.8) is 0 Å². The van der Waals surface area contributed by atoms with Gasteiger partial charge in [-0.15, -0.1) is 0 Å². The molecule has 1 saturated carbocycles. The Morgan fingerprint density at radius 3 is 2.58 bits per heavy atom. The van der Waals surface area contributed by atoms with Crippen LogP contribution in [0.25, 0.3) is 0 Å². The zero-order valence-corrected chi connectivity index (χ0v) is 16.9. The number of allylic oxidation sites excluding steroid dienone is 1. The van der Waals surface area contributed by atoms with Crippen LogP contribution in [0.3, 0.4) is 0 Å². The van der Waals surface area contributed by atoms with E-state index in [4.69, 9.17) is 5.11 Å². The second-order valence-electron chi connectivity index (χ2n) is 8.54. The van der Waals surface area contributed by atoms with E-state index in [1.54, 1.807) is 0 Å². The van der Waals surface area contributed by atoms with Crippen LogP contribution in [0.4, 0.5) is 0 Å². The summed E-state index contributed by atoms with van der Waals surface area (Å²) in [7, 11) is 0. The smallest absolute Gasteiger partial charge is 0.303 e. The fraction of sp³-hybridized carbons (Fsp3) is 0.818. The van der Waals surface area contributed by atoms with Gasteiger partial charge in [-0.1, -0.05) is 65.0 Å². The van der Waals surface area contributed by atoms with Crippen molar-refractivity contribution in [2.75, 3.05) is 0 Å². The number of carbonyl (C=O) groups is 2. The lowest BCUT2D eigenvalue weighted by Crippen LogP contribution is -2.27. The third-order valence-electron chi connectivity index (χ3n) is 5.83. The number of carboxylic acid groups (broad SMARTS) is 1. The summed E-state index contributed by atoms with van der Waals surface area (Å²) in [5, 5.41) is 19.2. The van der Waals surface area contributed by atoms with Crippen molar-refractivity contribution < 1.29 is 19.8 Å². The van der Waals surface area contributed by atoms with E-state index >= 15 is 0 Å². The van der Waals surface area contributed by atoms with Crippen LogP contribution in [-0.2, 0) is 9.59 Å². The molecule has 0 aromatic rings. The van der Waals surface area contributed by atoms with Crippen LogP contribution in [0.2, 0.25) is 0 Å². The van der Waals surface area contributed by atoms with Gasteiger partial charge in [0, 0.05) is 18.8 Å². The first-order valence-electron chi connectivity index (χ1n) is 10.4. The molecule has 0 amide bonds. The van der Waals surface area contributed by atoms with Crippen LogP contribution in [0.1, 0.15) is 91.4 Å². The van der Waals surface area contributed by atoms with Gasteiger partial charge >= 0.3 is 5.97 Å². The number of aliphatic carboxylic acids is 1. The Bertz CT molecular complexity index is 467. The molecule has 2 N–H and O–H groups in total. The molecule has 1 unspecified atom stereocenters. The Hall–Kier alpha value is -1.16. The van der Waals surface area contributed by atoms with Crippen LogP contribution in [0, 0.1) is 17.3 Å². The lowest BCUT2D eigenvalue weighted by molar-refractivity contribution is -0.137. The van der Waals surface area contributed by atoms with E-state index in [-0.39, 0.29) is 23.7 Å². The number of hydrogen-bond acceptors (Lipinski definition) is 3. The molecule has 0 spiro atoms. The van der Waals surface area contributed by atoms with Crippen molar-refractivity contribution in [2.24, 2.45) is 17.3 Å². The van der Waals surface area contributed by atoms with Crippen molar-refractivity contribution in [1.82, 2.24) is 0 Å². The SMILES string of the molecule is CCCCC(C)(C)C(O)C=C[C@H]1CCC(=O)[C@@H]1CCCCCCC(=O)O. The van der Waals surface area contributed by atoms with E-state index in [2.05, 4.69) is 26.8 Å². The van der Waals surface area contributed by atoms with Crippen molar-refractivity contribution in [3.8, 4) is 0 Å². The van der Waals surface area contributed by atoms with E-state index in [0.717, 1.165) is 57.8 Å². The third-order valence-corrected chi connectivity index (χ3v) is 5.83. The highest BCUT2D eigenvalue weighted by molar-refractivity contribution is 5.83. The second-order valence-corrected chi connectivity index (χ2v) is 8.54. The molecule has 4 heteroatoms. The normalized spacial score (nSPS) is 22.2. The Kier molecular flexibility index (Phi) is 10.1. The Labute approximate surface area is 159 Å². The van der Waals surface area contributed by atoms with Gasteiger partial charge in [0.25, 0.3) is 0 Å². The minimum atomic E-state index is -0.735. The van der Waals surface area contributed by atoms with E-state index < -0.39 is 12.1 Å². The van der Waals surface area contributed by atoms with Gasteiger partial charge in [0.05, 0.1) is 6.10 Å². The molecule has 0 aromatic carbocycles. The summed E-state index contributed by atoms with van der Waals surface area (Å²) in [6.45, 7) is 6.37. The zero-order chi connectivity index (χ0) is 19.6. The quantitative estimate of drug-likeness (QED) is 0.349. The summed E-state index contributed by atoms with van der Waals surface area (Å²) < 4.78 is 0. The minimum absolute atomic E-state index is 0.0803. The van der Waals surface area contributed by atoms with Gasteiger partial charge in [0.15, 0.2) is 0 Å². The predicted molar refractivity (Wildman–Crippen MR) is 105 cm³/mol. The summed E-state index contributed by atoms with van der Waals surface area (Å²) in [6, 6.07) is 0. The molecule has 1 fully saturated rings. The van der Waals surface area contributed by atoms with Gasteiger partial charge in [-0.2, -0.15) is 0 Å². The second kappa shape index (κ2) is 11.5. The van der Waals surface area contributed by atoms with Crippen molar-refractivity contribution in [1.29, 1.82) is 0 Å². The molecule has 4 nitrogen and oxygen atoms in total. The third kappa shape index (κ3) is 8.03. The first-order chi connectivity index (χ1) is 12.3. The van der Waals surface area contributed by atoms with Gasteiger partial charge in [-0.3, -0.25) is 9.59 Å². The van der Waals surface area contributed by atoms with Gasteiger partial charge in [0.2, 0.25) is 0 Å². The fourth-order valence-electron chi connectivity index (χ4n) is 3.82. The monoisotopic (exact) mass is 366 g/mol. The Morgan fingerprint density at radius 2 is 1.92 bits per heavy atom. The Morgan fingerprint density at radius 1 is 1.23 bits per heavy atom. The molecule has 3 atom stereocenters. The van der Waals surface area contributed by atoms with Crippen LogP contribution < -0.4 is 0 Å². The number of rotatable bonds is 13. The molecule has 0 aliphatic heterocycles. The molecule has 1 aliphatic carbocycles. The van der Waals surface area contributed by atoms with Crippen molar-refractivity contribution in [3.05, 3.63) is 12.2 Å². The molecule has 0 saturated heterocycles. The van der Waals surface area contributed by atoms with E-state index in [1.807, 2.05) is 6.08 Å². The number of carbonyl (C=O) groups excluding carboxylic acids is 1. The molecule has 0 heterocycles. The van der Waals surface area contributed by atoms with Crippen LogP contribution in [-0.4, -0.2) is 28.1 Å². The number of ketones is 1. The number of unbranched alkanes of at least 4 members (excludes halogenated alkanes) is 4. The lowest BCUT2D eigenvalue weighted by Gasteiger charge is -2.29. The molecular formula is C22H38O4. The van der Waals surface area contributed by atoms with Crippen LogP contribution in [0.5, 0.6) is 0 Å². The topological polar surface area (TPSA) is 74.6 Å². The highest BCUT2D eigenvalue weighted by atomic mass is 16.4. The van der Waals surface area contributed by atoms with Crippen LogP contribution in [0.15, 0.2) is 12.2 Å². The molecule has 0 aromatic heterocycles. The lowest BCUT2D eigenvalue weighted by atomic mass is 9.80. The van der Waals surface area contributed by atoms with Gasteiger partial charge in [-0.05, 0) is 37.0 Å². The highest BCUT2D eigenvalue weighted by Gasteiger charge is 2.33. The summed E-state index contributed by atoms with van der Waals surface area (Å²) in [6.07, 6.45) is 13.0. The van der Waals surface area contributed by atoms with E-state index in [9.17, 15) is 14.7 Å². The molecule has 1 rings (SSSR count). The first-order valence-corrected chi connectivity index (χ1v) is 10.4. The first kappa shape index (κ1) is 22.9. The maximum Gasteiger partial charge on any atom is 0.303 e. The minimum Gasteiger partial charge on any atom is -0.481 e. The number of aliphatic hydroxyl groups excluding tert-OH is 1. The number of hydrogen-bond donors (Lipinski definition) is 2. The summed E-state index contributed by atoms with van der Waals surface area (Å²) in [5.41, 5.74) is -0.130. The Balaban J connectivity index is 2.44. The van der Waals surface area contributed by atoms with Crippen molar-refractivity contribution in [2.45, 2.75) is 97.5 Å². The van der Waals surface area contributed by atoms with E-state index in [1.165, 1.54) is 0 Å². The number of aliphatic hydroxyl groups is 1. The molecule has 0 bridgehead atoms. The van der Waals surface area contributed by atoms with E-state index in [0.29, 0.717) is 12.2 Å². The van der Waals surface area contributed by atoms with Gasteiger partial charge in [-0.25, -0.2) is 0 Å². The van der Waals surface area contributed by atoms with Crippen LogP contribution >= 0.6 is 0 Å². The summed E-state index contributed by atoms with van der Waals surface area (Å²) in [4.78, 5) is 22.7. The predicted octanol–water partition coefficient (Wildman–Crippen LogP) is 5.14. The number of Topliss-reactive ketones (excluding diaryl/α,β-unsaturated/α-hetero) is 1. The largest absolute Gasteiger partial charge is 0.481 e. The average molecular weight is 367 g/mol. The molecule has 1 aliphatic rings. The maximum atomic E-state index is 12.2. The fourth-order valence-corrected chi connectivity index (χ4v) is 3.82. The molecular weight excluding hydrogens is 328 g/mol. The van der Waals surface area contributed by atoms with Gasteiger partial charge < -0.3 is 10.2 Å².